The molecule has 2 aromatic rings. The topological polar surface area (TPSA) is 32.3 Å². The fourth-order valence-electron chi connectivity index (χ4n) is 2.35. The smallest absolute Gasteiger partial charge is 0.352 e. The number of nitrogens with zero attached hydrogens (tertiary/aromatic N) is 1. The normalized spacial score (nSPS) is 11.7. The van der Waals surface area contributed by atoms with E-state index in [1.165, 1.54) is 16.8 Å². The van der Waals surface area contributed by atoms with E-state index in [9.17, 15) is 18.0 Å². The summed E-state index contributed by atoms with van der Waals surface area (Å²) in [7, 11) is 1.42. The Morgan fingerprint density at radius 1 is 1.23 bits per heavy atom. The lowest BCUT2D eigenvalue weighted by Crippen LogP contribution is -2.33. The number of thioether (sulfide) groups is 1. The minimum Gasteiger partial charge on any atom is -0.352 e. The second-order valence-electron chi connectivity index (χ2n) is 5.83. The first-order chi connectivity index (χ1) is 12.3. The van der Waals surface area contributed by atoms with Crippen LogP contribution in [0.3, 0.4) is 0 Å². The van der Waals surface area contributed by atoms with Gasteiger partial charge in [0.15, 0.2) is 0 Å². The molecule has 1 amide bonds. The van der Waals surface area contributed by atoms with E-state index in [1.807, 2.05) is 23.6 Å². The Morgan fingerprint density at radius 2 is 2.00 bits per heavy atom. The van der Waals surface area contributed by atoms with Crippen LogP contribution < -0.4 is 5.32 Å². The van der Waals surface area contributed by atoms with Crippen molar-refractivity contribution < 1.29 is 18.0 Å². The van der Waals surface area contributed by atoms with Crippen LogP contribution >= 0.6 is 23.1 Å². The van der Waals surface area contributed by atoms with Crippen molar-refractivity contribution in [1.29, 1.82) is 0 Å². The molecule has 0 spiro atoms. The van der Waals surface area contributed by atoms with Gasteiger partial charge >= 0.3 is 6.18 Å². The van der Waals surface area contributed by atoms with Crippen LogP contribution in [0.2, 0.25) is 0 Å². The zero-order valence-corrected chi connectivity index (χ0v) is 16.0. The predicted octanol–water partition coefficient (Wildman–Crippen LogP) is 4.65. The maximum atomic E-state index is 12.4. The maximum Gasteiger partial charge on any atom is 0.401 e. The van der Waals surface area contributed by atoms with E-state index in [0.717, 1.165) is 10.6 Å². The Morgan fingerprint density at radius 3 is 2.69 bits per heavy atom. The molecule has 0 fully saturated rings. The first-order valence-corrected chi connectivity index (χ1v) is 9.99. The number of thiophene rings is 1. The van der Waals surface area contributed by atoms with E-state index in [0.29, 0.717) is 18.5 Å². The molecule has 0 bridgehead atoms. The summed E-state index contributed by atoms with van der Waals surface area (Å²) in [5.41, 5.74) is 0.595. The summed E-state index contributed by atoms with van der Waals surface area (Å²) < 4.78 is 36.8. The maximum absolute atomic E-state index is 12.4. The molecule has 0 aliphatic carbocycles. The first kappa shape index (κ1) is 20.8. The van der Waals surface area contributed by atoms with Crippen LogP contribution in [0.4, 0.5) is 13.2 Å². The van der Waals surface area contributed by atoms with Crippen LogP contribution in [0.25, 0.3) is 0 Å². The molecular weight excluding hydrogens is 381 g/mol. The summed E-state index contributed by atoms with van der Waals surface area (Å²) in [4.78, 5) is 15.7. The third-order valence-corrected chi connectivity index (χ3v) is 5.71. The Kier molecular flexibility index (Phi) is 7.99. The van der Waals surface area contributed by atoms with Gasteiger partial charge in [0.25, 0.3) is 5.91 Å². The Hall–Kier alpha value is -1.51. The minimum absolute atomic E-state index is 0.197. The molecule has 0 unspecified atom stereocenters. The largest absolute Gasteiger partial charge is 0.401 e. The number of hydrogen-bond donors (Lipinski definition) is 1. The molecule has 0 radical (unpaired) electrons. The van der Waals surface area contributed by atoms with Gasteiger partial charge in [-0.25, -0.2) is 0 Å². The van der Waals surface area contributed by atoms with Crippen LogP contribution in [0.5, 0.6) is 0 Å². The summed E-state index contributed by atoms with van der Waals surface area (Å²) in [5.74, 6) is 0.599. The van der Waals surface area contributed by atoms with E-state index in [-0.39, 0.29) is 12.5 Å². The van der Waals surface area contributed by atoms with Gasteiger partial charge in [-0.1, -0.05) is 18.2 Å². The zero-order valence-electron chi connectivity index (χ0n) is 14.4. The van der Waals surface area contributed by atoms with Crippen LogP contribution in [0.1, 0.15) is 21.7 Å². The highest BCUT2D eigenvalue weighted by Crippen LogP contribution is 2.27. The standard InChI is InChI=1S/C18H21F3N2OS2/c1-23(13-18(19,20)21)10-5-9-22-17(24)15-7-2-3-8-16(15)26-12-14-6-4-11-25-14/h2-4,6-8,11H,5,9-10,12-13H2,1H3,(H,22,24). The van der Waals surface area contributed by atoms with E-state index in [1.54, 1.807) is 35.2 Å². The predicted molar refractivity (Wildman–Crippen MR) is 101 cm³/mol. The molecule has 142 valence electrons. The van der Waals surface area contributed by atoms with Crippen molar-refractivity contribution in [3.05, 3.63) is 52.2 Å². The number of carbonyl (C=O) groups excluding carboxylic acids is 1. The van der Waals surface area contributed by atoms with Crippen molar-refractivity contribution in [3.8, 4) is 0 Å². The molecule has 2 rings (SSSR count). The molecule has 1 heterocycles. The van der Waals surface area contributed by atoms with Crippen molar-refractivity contribution in [2.75, 3.05) is 26.7 Å². The molecule has 3 nitrogen and oxygen atoms in total. The first-order valence-electron chi connectivity index (χ1n) is 8.13. The van der Waals surface area contributed by atoms with Crippen LogP contribution in [0.15, 0.2) is 46.7 Å². The number of nitrogens with one attached hydrogen (secondary N) is 1. The third kappa shape index (κ3) is 7.39. The summed E-state index contributed by atoms with van der Waals surface area (Å²) >= 11 is 3.27. The summed E-state index contributed by atoms with van der Waals surface area (Å²) in [6.45, 7) is -0.331. The second-order valence-corrected chi connectivity index (χ2v) is 7.88. The third-order valence-electron chi connectivity index (χ3n) is 3.53. The molecule has 0 saturated carbocycles. The van der Waals surface area contributed by atoms with Crippen LogP contribution in [-0.4, -0.2) is 43.7 Å². The van der Waals surface area contributed by atoms with Gasteiger partial charge in [-0.2, -0.15) is 13.2 Å². The van der Waals surface area contributed by atoms with E-state index >= 15 is 0 Å². The highest BCUT2D eigenvalue weighted by atomic mass is 32.2. The van der Waals surface area contributed by atoms with Gasteiger partial charge in [-0.15, -0.1) is 23.1 Å². The summed E-state index contributed by atoms with van der Waals surface area (Å²) in [6.07, 6.45) is -3.74. The molecule has 0 aliphatic heterocycles. The zero-order chi connectivity index (χ0) is 19.0. The molecule has 0 aliphatic rings. The fraction of sp³-hybridized carbons (Fsp3) is 0.389. The SMILES string of the molecule is CN(CCCNC(=O)c1ccccc1SCc1cccs1)CC(F)(F)F. The van der Waals surface area contributed by atoms with Gasteiger partial charge in [0.05, 0.1) is 12.1 Å². The number of hydrogen-bond acceptors (Lipinski definition) is 4. The van der Waals surface area contributed by atoms with Crippen molar-refractivity contribution in [2.24, 2.45) is 0 Å². The number of benzene rings is 1. The average molecular weight is 403 g/mol. The molecule has 8 heteroatoms. The average Bonchev–Trinajstić information content (AvgIpc) is 3.09. The van der Waals surface area contributed by atoms with Gasteiger partial charge in [-0.05, 0) is 43.6 Å². The van der Waals surface area contributed by atoms with Gasteiger partial charge in [0.1, 0.15) is 0 Å². The summed E-state index contributed by atoms with van der Waals surface area (Å²) in [6, 6.07) is 11.4. The quantitative estimate of drug-likeness (QED) is 0.489. The number of halogens is 3. The Bertz CT molecular complexity index is 690. The number of carbonyl (C=O) groups is 1. The lowest BCUT2D eigenvalue weighted by Gasteiger charge is -2.18. The van der Waals surface area contributed by atoms with Crippen molar-refractivity contribution in [2.45, 2.75) is 23.2 Å². The molecule has 1 N–H and O–H groups in total. The van der Waals surface area contributed by atoms with Crippen molar-refractivity contribution >= 4 is 29.0 Å². The van der Waals surface area contributed by atoms with Gasteiger partial charge < -0.3 is 5.32 Å². The number of rotatable bonds is 9. The molecule has 0 atom stereocenters. The minimum atomic E-state index is -4.20. The fourth-order valence-corrected chi connectivity index (χ4v) is 4.18. The molecular formula is C18H21F3N2OS2. The highest BCUT2D eigenvalue weighted by Gasteiger charge is 2.28. The van der Waals surface area contributed by atoms with Crippen molar-refractivity contribution in [1.82, 2.24) is 10.2 Å². The lowest BCUT2D eigenvalue weighted by atomic mass is 10.2. The Balaban J connectivity index is 1.80. The second kappa shape index (κ2) is 9.99. The molecule has 0 saturated heterocycles. The van der Waals surface area contributed by atoms with E-state index in [2.05, 4.69) is 11.4 Å². The lowest BCUT2D eigenvalue weighted by molar-refractivity contribution is -0.143. The number of alkyl halides is 3. The van der Waals surface area contributed by atoms with Crippen LogP contribution in [0, 0.1) is 0 Å². The van der Waals surface area contributed by atoms with Gasteiger partial charge in [0, 0.05) is 22.1 Å². The highest BCUT2D eigenvalue weighted by molar-refractivity contribution is 7.98. The summed E-state index contributed by atoms with van der Waals surface area (Å²) in [5, 5.41) is 4.81. The molecule has 1 aromatic heterocycles. The monoisotopic (exact) mass is 402 g/mol. The van der Waals surface area contributed by atoms with E-state index < -0.39 is 12.7 Å². The van der Waals surface area contributed by atoms with E-state index in [4.69, 9.17) is 0 Å². The van der Waals surface area contributed by atoms with Crippen LogP contribution in [-0.2, 0) is 5.75 Å². The molecule has 1 aromatic carbocycles. The Labute approximate surface area is 159 Å². The molecule has 26 heavy (non-hydrogen) atoms. The number of amides is 1. The van der Waals surface area contributed by atoms with Gasteiger partial charge in [-0.3, -0.25) is 9.69 Å². The van der Waals surface area contributed by atoms with Gasteiger partial charge in [0.2, 0.25) is 0 Å². The van der Waals surface area contributed by atoms with Crippen molar-refractivity contribution in [3.63, 3.8) is 0 Å².